The molecule has 0 amide bonds. The molecule has 0 aliphatic rings. The maximum absolute atomic E-state index is 12.8. The summed E-state index contributed by atoms with van der Waals surface area (Å²) in [6.07, 6.45) is 89.7. The minimum Gasteiger partial charge on any atom is -0.462 e. The molecular formula is C72H123NO8P+. The van der Waals surface area contributed by atoms with E-state index in [0.29, 0.717) is 17.4 Å². The largest absolute Gasteiger partial charge is 0.472 e. The lowest BCUT2D eigenvalue weighted by Crippen LogP contribution is -2.37. The molecule has 0 aromatic carbocycles. The number of carbonyl (C=O) groups is 2. The maximum atomic E-state index is 12.8. The number of rotatable bonds is 59. The van der Waals surface area contributed by atoms with Crippen LogP contribution in [0.15, 0.2) is 134 Å². The van der Waals surface area contributed by atoms with Crippen LogP contribution in [0.2, 0.25) is 0 Å². The van der Waals surface area contributed by atoms with Crippen molar-refractivity contribution in [1.82, 2.24) is 0 Å². The Morgan fingerprint density at radius 2 is 0.695 bits per heavy atom. The number of hydrogen-bond donors (Lipinski definition) is 1. The molecule has 9 nitrogen and oxygen atoms in total. The normalized spacial score (nSPS) is 14.1. The molecule has 0 radical (unpaired) electrons. The Balaban J connectivity index is 4.21. The zero-order valence-electron chi connectivity index (χ0n) is 53.2. The number of nitrogens with zero attached hydrogens (tertiary/aromatic N) is 1. The van der Waals surface area contributed by atoms with Crippen LogP contribution in [0.5, 0.6) is 0 Å². The van der Waals surface area contributed by atoms with Gasteiger partial charge >= 0.3 is 19.8 Å². The quantitative estimate of drug-likeness (QED) is 0.0211. The van der Waals surface area contributed by atoms with E-state index in [4.69, 9.17) is 18.5 Å². The molecule has 2 unspecified atom stereocenters. The number of quaternary nitrogens is 1. The molecule has 0 aromatic rings. The van der Waals surface area contributed by atoms with Gasteiger partial charge in [0.05, 0.1) is 27.7 Å². The van der Waals surface area contributed by atoms with Crippen molar-refractivity contribution in [3.63, 3.8) is 0 Å². The SMILES string of the molecule is CC/C=C\C/C=C\C/C=C\C/C=C\C/C=C\C/C=C\C/C=C\C/C=C\C/C=C\C/C=C\C/C=C\CCCCCC(=O)OC(COC(=O)CCCCCCCCCCCCCCCCCCCCCCC)COP(=O)(O)OCC[N+](C)(C)C. The summed E-state index contributed by atoms with van der Waals surface area (Å²) >= 11 is 0. The van der Waals surface area contributed by atoms with Crippen molar-refractivity contribution in [2.45, 2.75) is 264 Å². The number of carbonyl (C=O) groups excluding carboxylic acids is 2. The van der Waals surface area contributed by atoms with Gasteiger partial charge < -0.3 is 18.9 Å². The first kappa shape index (κ1) is 78.1. The van der Waals surface area contributed by atoms with Gasteiger partial charge in [-0.3, -0.25) is 18.6 Å². The van der Waals surface area contributed by atoms with Crippen molar-refractivity contribution in [3.05, 3.63) is 134 Å². The zero-order valence-corrected chi connectivity index (χ0v) is 54.1. The third kappa shape index (κ3) is 65.3. The Hall–Kier alpha value is -3.85. The maximum Gasteiger partial charge on any atom is 0.472 e. The number of hydrogen-bond acceptors (Lipinski definition) is 7. The van der Waals surface area contributed by atoms with Gasteiger partial charge in [-0.2, -0.15) is 0 Å². The van der Waals surface area contributed by atoms with Gasteiger partial charge in [-0.15, -0.1) is 0 Å². The average Bonchev–Trinajstić information content (AvgIpc) is 3.46. The number of esters is 2. The number of ether oxygens (including phenoxy) is 2. The molecule has 0 saturated carbocycles. The van der Waals surface area contributed by atoms with Crippen molar-refractivity contribution in [1.29, 1.82) is 0 Å². The fraction of sp³-hybridized carbons (Fsp3) is 0.667. The van der Waals surface area contributed by atoms with Crippen molar-refractivity contribution >= 4 is 19.8 Å². The number of phosphoric ester groups is 1. The van der Waals surface area contributed by atoms with Crippen molar-refractivity contribution in [3.8, 4) is 0 Å². The van der Waals surface area contributed by atoms with E-state index >= 15 is 0 Å². The molecule has 0 aliphatic heterocycles. The highest BCUT2D eigenvalue weighted by Gasteiger charge is 2.27. The molecule has 468 valence electrons. The summed E-state index contributed by atoms with van der Waals surface area (Å²) in [4.78, 5) is 35.8. The Morgan fingerprint density at radius 3 is 1.04 bits per heavy atom. The molecule has 1 N–H and O–H groups in total. The summed E-state index contributed by atoms with van der Waals surface area (Å²) in [5.74, 6) is -0.836. The minimum atomic E-state index is -4.41. The van der Waals surface area contributed by atoms with E-state index in [9.17, 15) is 19.0 Å². The number of phosphoric acid groups is 1. The molecule has 0 aliphatic carbocycles. The van der Waals surface area contributed by atoms with E-state index in [1.165, 1.54) is 116 Å². The van der Waals surface area contributed by atoms with Crippen LogP contribution in [-0.2, 0) is 32.7 Å². The van der Waals surface area contributed by atoms with Crippen molar-refractivity contribution in [2.24, 2.45) is 0 Å². The van der Waals surface area contributed by atoms with Crippen molar-refractivity contribution < 1.29 is 42.1 Å². The Labute approximate surface area is 504 Å². The standard InChI is InChI=1S/C72H122NO8P/c1-6-8-10-12-14-16-18-20-22-24-26-28-29-30-31-32-33-34-35-36-37-38-39-40-41-42-43-45-47-49-51-53-55-57-59-61-63-65-72(75)81-70(69-80-82(76,77)79-67-66-73(3,4)5)68-78-71(74)64-62-60-58-56-54-52-50-48-46-44-27-25-23-21-19-17-15-13-11-9-7-2/h8,10,14,16,20,22,26,28,30-31,33-34,36-37,39-40,42-43,47,49,53,55,70H,6-7,9,11-13,15,17-19,21,23-25,27,29,32,35,38,41,44-46,48,50-52,54,56-69H2,1-5H3/p+1/b10-8-,16-14-,22-20-,28-26-,31-30-,34-33-,37-36-,40-39-,43-42-,49-47-,55-53-. The first-order valence-electron chi connectivity index (χ1n) is 32.9. The first-order chi connectivity index (χ1) is 40.0. The van der Waals surface area contributed by atoms with E-state index in [-0.39, 0.29) is 32.0 Å². The Morgan fingerprint density at radius 1 is 0.390 bits per heavy atom. The second kappa shape index (κ2) is 61.7. The van der Waals surface area contributed by atoms with E-state index in [2.05, 4.69) is 148 Å². The summed E-state index contributed by atoms with van der Waals surface area (Å²) < 4.78 is 34.6. The first-order valence-corrected chi connectivity index (χ1v) is 34.4. The third-order valence-corrected chi connectivity index (χ3v) is 14.7. The van der Waals surface area contributed by atoms with E-state index in [1.54, 1.807) is 0 Å². The second-order valence-corrected chi connectivity index (χ2v) is 24.2. The number of likely N-dealkylation sites (N-methyl/N-ethyl adjacent to an activating group) is 1. The van der Waals surface area contributed by atoms with Gasteiger partial charge in [0.15, 0.2) is 6.10 Å². The second-order valence-electron chi connectivity index (χ2n) is 22.8. The van der Waals surface area contributed by atoms with Crippen LogP contribution in [0.4, 0.5) is 0 Å². The summed E-state index contributed by atoms with van der Waals surface area (Å²) in [5.41, 5.74) is 0. The predicted molar refractivity (Wildman–Crippen MR) is 353 cm³/mol. The highest BCUT2D eigenvalue weighted by Crippen LogP contribution is 2.43. The van der Waals surface area contributed by atoms with Gasteiger partial charge in [0.1, 0.15) is 19.8 Å². The van der Waals surface area contributed by atoms with Crippen molar-refractivity contribution in [2.75, 3.05) is 47.5 Å². The van der Waals surface area contributed by atoms with Gasteiger partial charge in [-0.1, -0.05) is 282 Å². The highest BCUT2D eigenvalue weighted by molar-refractivity contribution is 7.47. The molecule has 82 heavy (non-hydrogen) atoms. The molecule has 0 bridgehead atoms. The molecule has 0 rings (SSSR count). The van der Waals surface area contributed by atoms with Crippen LogP contribution in [0.1, 0.15) is 258 Å². The van der Waals surface area contributed by atoms with Crippen LogP contribution in [-0.4, -0.2) is 74.9 Å². The fourth-order valence-electron chi connectivity index (χ4n) is 8.67. The fourth-order valence-corrected chi connectivity index (χ4v) is 9.41. The van der Waals surface area contributed by atoms with Crippen LogP contribution >= 0.6 is 7.82 Å². The van der Waals surface area contributed by atoms with E-state index in [0.717, 1.165) is 109 Å². The molecular weight excluding hydrogens is 1040 g/mol. The molecule has 10 heteroatoms. The van der Waals surface area contributed by atoms with Gasteiger partial charge in [-0.05, 0) is 96.3 Å². The number of unbranched alkanes of at least 4 members (excludes halogenated alkanes) is 23. The highest BCUT2D eigenvalue weighted by atomic mass is 31.2. The van der Waals surface area contributed by atoms with Crippen LogP contribution < -0.4 is 0 Å². The number of allylic oxidation sites excluding steroid dienone is 22. The monoisotopic (exact) mass is 1160 g/mol. The average molecular weight is 1160 g/mol. The zero-order chi connectivity index (χ0) is 59.8. The topological polar surface area (TPSA) is 108 Å². The molecule has 0 heterocycles. The lowest BCUT2D eigenvalue weighted by Gasteiger charge is -2.24. The lowest BCUT2D eigenvalue weighted by atomic mass is 10.0. The summed E-state index contributed by atoms with van der Waals surface area (Å²) in [7, 11) is 1.44. The van der Waals surface area contributed by atoms with Gasteiger partial charge in [-0.25, -0.2) is 4.57 Å². The summed E-state index contributed by atoms with van der Waals surface area (Å²) in [6.45, 7) is 4.29. The van der Waals surface area contributed by atoms with Gasteiger partial charge in [0, 0.05) is 12.8 Å². The third-order valence-electron chi connectivity index (χ3n) is 13.7. The summed E-state index contributed by atoms with van der Waals surface area (Å²) in [6, 6.07) is 0. The molecule has 0 fully saturated rings. The van der Waals surface area contributed by atoms with Gasteiger partial charge in [0.2, 0.25) is 0 Å². The van der Waals surface area contributed by atoms with Crippen LogP contribution in [0, 0.1) is 0 Å². The molecule has 2 atom stereocenters. The molecule has 0 spiro atoms. The molecule has 0 saturated heterocycles. The lowest BCUT2D eigenvalue weighted by molar-refractivity contribution is -0.870. The predicted octanol–water partition coefficient (Wildman–Crippen LogP) is 21.3. The van der Waals surface area contributed by atoms with Gasteiger partial charge in [0.25, 0.3) is 0 Å². The molecule has 0 aromatic heterocycles. The Bertz CT molecular complexity index is 1850. The van der Waals surface area contributed by atoms with Crippen LogP contribution in [0.25, 0.3) is 0 Å². The minimum absolute atomic E-state index is 0.0194. The Kier molecular flexibility index (Phi) is 58.8. The van der Waals surface area contributed by atoms with E-state index < -0.39 is 26.5 Å². The smallest absolute Gasteiger partial charge is 0.462 e. The van der Waals surface area contributed by atoms with Crippen LogP contribution in [0.3, 0.4) is 0 Å². The summed E-state index contributed by atoms with van der Waals surface area (Å²) in [5, 5.41) is 0. The van der Waals surface area contributed by atoms with E-state index in [1.807, 2.05) is 21.1 Å².